The highest BCUT2D eigenvalue weighted by molar-refractivity contribution is 7.18. The molecule has 0 aliphatic heterocycles. The van der Waals surface area contributed by atoms with Crippen molar-refractivity contribution in [3.05, 3.63) is 53.3 Å². The number of thiophene rings is 1. The molecular weight excluding hydrogens is 292 g/mol. The third-order valence-corrected chi connectivity index (χ3v) is 4.95. The molecule has 1 N–H and O–H groups in total. The first kappa shape index (κ1) is 13.2. The quantitative estimate of drug-likeness (QED) is 0.588. The van der Waals surface area contributed by atoms with Gasteiger partial charge in [0.1, 0.15) is 17.0 Å². The first-order chi connectivity index (χ1) is 10.7. The maximum Gasteiger partial charge on any atom is 0.142 e. The number of benzene rings is 1. The van der Waals surface area contributed by atoms with Crippen LogP contribution < -0.4 is 5.32 Å². The Labute approximate surface area is 131 Å². The second-order valence-electron chi connectivity index (χ2n) is 5.22. The smallest absolute Gasteiger partial charge is 0.142 e. The van der Waals surface area contributed by atoms with Gasteiger partial charge in [0.2, 0.25) is 0 Å². The highest BCUT2D eigenvalue weighted by atomic mass is 32.1. The molecule has 0 amide bonds. The van der Waals surface area contributed by atoms with Crippen molar-refractivity contribution in [2.24, 2.45) is 0 Å². The third kappa shape index (κ3) is 2.10. The fraction of sp³-hybridized carbons (Fsp3) is 0.118. The Balaban J connectivity index is 1.82. The van der Waals surface area contributed by atoms with E-state index in [1.807, 2.05) is 18.2 Å². The van der Waals surface area contributed by atoms with Crippen LogP contribution >= 0.6 is 11.3 Å². The Hall–Kier alpha value is -2.53. The van der Waals surface area contributed by atoms with E-state index in [4.69, 9.17) is 0 Å². The lowest BCUT2D eigenvalue weighted by atomic mass is 10.2. The number of aromatic nitrogens is 3. The molecule has 4 nitrogen and oxygen atoms in total. The first-order valence-electron chi connectivity index (χ1n) is 7.05. The Morgan fingerprint density at radius 2 is 1.95 bits per heavy atom. The van der Waals surface area contributed by atoms with E-state index >= 15 is 0 Å². The Morgan fingerprint density at radius 3 is 2.86 bits per heavy atom. The van der Waals surface area contributed by atoms with E-state index in [0.29, 0.717) is 0 Å². The molecular formula is C17H14N4S. The zero-order chi connectivity index (χ0) is 15.1. The maximum atomic E-state index is 4.43. The molecule has 22 heavy (non-hydrogen) atoms. The molecule has 0 aliphatic rings. The monoisotopic (exact) mass is 306 g/mol. The zero-order valence-electron chi connectivity index (χ0n) is 12.3. The van der Waals surface area contributed by atoms with E-state index in [9.17, 15) is 0 Å². The number of rotatable bonds is 2. The summed E-state index contributed by atoms with van der Waals surface area (Å²) in [5, 5.41) is 5.64. The Morgan fingerprint density at radius 1 is 1.05 bits per heavy atom. The van der Waals surface area contributed by atoms with Gasteiger partial charge in [-0.1, -0.05) is 6.07 Å². The van der Waals surface area contributed by atoms with Crippen molar-refractivity contribution >= 4 is 44.0 Å². The van der Waals surface area contributed by atoms with Crippen LogP contribution in [-0.2, 0) is 0 Å². The summed E-state index contributed by atoms with van der Waals surface area (Å²) in [4.78, 5) is 15.4. The molecule has 1 aromatic carbocycles. The first-order valence-corrected chi connectivity index (χ1v) is 7.86. The van der Waals surface area contributed by atoms with Gasteiger partial charge in [0, 0.05) is 22.1 Å². The predicted molar refractivity (Wildman–Crippen MR) is 91.9 cm³/mol. The van der Waals surface area contributed by atoms with Crippen LogP contribution in [0.25, 0.3) is 21.1 Å². The molecule has 0 aliphatic carbocycles. The lowest BCUT2D eigenvalue weighted by molar-refractivity contribution is 1.22. The molecule has 0 bridgehead atoms. The number of hydrogen-bond donors (Lipinski definition) is 1. The van der Waals surface area contributed by atoms with Crippen molar-refractivity contribution in [3.63, 3.8) is 0 Å². The van der Waals surface area contributed by atoms with Crippen LogP contribution in [0.1, 0.15) is 10.4 Å². The summed E-state index contributed by atoms with van der Waals surface area (Å²) in [6.07, 6.45) is 3.42. The van der Waals surface area contributed by atoms with Crippen molar-refractivity contribution in [1.82, 2.24) is 15.0 Å². The van der Waals surface area contributed by atoms with E-state index in [1.54, 1.807) is 23.9 Å². The number of nitrogens with zero attached hydrogens (tertiary/aromatic N) is 3. The normalized spacial score (nSPS) is 11.2. The van der Waals surface area contributed by atoms with Crippen LogP contribution in [0, 0.1) is 13.8 Å². The molecule has 0 saturated carbocycles. The molecule has 0 atom stereocenters. The van der Waals surface area contributed by atoms with Crippen LogP contribution in [0.15, 0.2) is 42.9 Å². The van der Waals surface area contributed by atoms with Crippen LogP contribution in [-0.4, -0.2) is 15.0 Å². The number of nitrogens with one attached hydrogen (secondary N) is 1. The van der Waals surface area contributed by atoms with E-state index in [0.717, 1.165) is 32.6 Å². The molecule has 0 fully saturated rings. The van der Waals surface area contributed by atoms with Gasteiger partial charge in [0.25, 0.3) is 0 Å². The van der Waals surface area contributed by atoms with E-state index in [1.165, 1.54) is 10.4 Å². The lowest BCUT2D eigenvalue weighted by Crippen LogP contribution is -1.95. The predicted octanol–water partition coefficient (Wildman–Crippen LogP) is 4.60. The van der Waals surface area contributed by atoms with E-state index in [2.05, 4.69) is 46.2 Å². The number of anilines is 2. The average Bonchev–Trinajstić information content (AvgIpc) is 2.83. The van der Waals surface area contributed by atoms with Crippen molar-refractivity contribution < 1.29 is 0 Å². The number of fused-ring (bicyclic) bond motifs is 2. The minimum atomic E-state index is 0.857. The second kappa shape index (κ2) is 5.03. The minimum absolute atomic E-state index is 0.857. The summed E-state index contributed by atoms with van der Waals surface area (Å²) in [5.74, 6) is 0.857. The van der Waals surface area contributed by atoms with Crippen LogP contribution in [0.5, 0.6) is 0 Å². The highest BCUT2D eigenvalue weighted by Gasteiger charge is 2.12. The van der Waals surface area contributed by atoms with Crippen LogP contribution in [0.3, 0.4) is 0 Å². The molecule has 0 unspecified atom stereocenters. The van der Waals surface area contributed by atoms with Crippen molar-refractivity contribution in [2.45, 2.75) is 13.8 Å². The SMILES string of the molecule is Cc1sc2ncnc(Nc3ccc4ncccc4c3)c2c1C. The zero-order valence-corrected chi connectivity index (χ0v) is 13.1. The maximum absolute atomic E-state index is 4.43. The van der Waals surface area contributed by atoms with Gasteiger partial charge in [0.05, 0.1) is 10.9 Å². The average molecular weight is 306 g/mol. The Kier molecular flexibility index (Phi) is 3.01. The molecule has 0 saturated heterocycles. The molecule has 4 rings (SSSR count). The van der Waals surface area contributed by atoms with Gasteiger partial charge < -0.3 is 5.32 Å². The Bertz CT molecular complexity index is 990. The molecule has 3 heterocycles. The fourth-order valence-corrected chi connectivity index (χ4v) is 3.56. The molecule has 0 radical (unpaired) electrons. The van der Waals surface area contributed by atoms with Gasteiger partial charge in [-0.25, -0.2) is 9.97 Å². The standard InChI is InChI=1S/C17H14N4S/c1-10-11(2)22-17-15(10)16(19-9-20-17)21-13-5-6-14-12(8-13)4-3-7-18-14/h3-9H,1-2H3,(H,19,20,21). The summed E-state index contributed by atoms with van der Waals surface area (Å²) in [5.41, 5.74) is 3.23. The topological polar surface area (TPSA) is 50.7 Å². The number of hydrogen-bond acceptors (Lipinski definition) is 5. The third-order valence-electron chi connectivity index (χ3n) is 3.83. The molecule has 108 valence electrons. The number of aryl methyl sites for hydroxylation is 2. The van der Waals surface area contributed by atoms with E-state index in [-0.39, 0.29) is 0 Å². The molecule has 3 aromatic heterocycles. The van der Waals surface area contributed by atoms with Gasteiger partial charge in [-0.3, -0.25) is 4.98 Å². The van der Waals surface area contributed by atoms with Crippen molar-refractivity contribution in [1.29, 1.82) is 0 Å². The van der Waals surface area contributed by atoms with E-state index < -0.39 is 0 Å². The lowest BCUT2D eigenvalue weighted by Gasteiger charge is -2.08. The van der Waals surface area contributed by atoms with Gasteiger partial charge in [-0.15, -0.1) is 11.3 Å². The summed E-state index contributed by atoms with van der Waals surface area (Å²) in [6.45, 7) is 4.24. The van der Waals surface area contributed by atoms with Gasteiger partial charge in [-0.2, -0.15) is 0 Å². The largest absolute Gasteiger partial charge is 0.340 e. The van der Waals surface area contributed by atoms with Gasteiger partial charge in [-0.05, 0) is 43.7 Å². The van der Waals surface area contributed by atoms with Crippen molar-refractivity contribution in [3.8, 4) is 0 Å². The summed E-state index contributed by atoms with van der Waals surface area (Å²) >= 11 is 1.70. The fourth-order valence-electron chi connectivity index (χ4n) is 2.57. The summed E-state index contributed by atoms with van der Waals surface area (Å²) in [6, 6.07) is 10.1. The van der Waals surface area contributed by atoms with Gasteiger partial charge >= 0.3 is 0 Å². The highest BCUT2D eigenvalue weighted by Crippen LogP contribution is 2.34. The molecule has 4 aromatic rings. The molecule has 0 spiro atoms. The second-order valence-corrected chi connectivity index (χ2v) is 6.42. The number of pyridine rings is 1. The summed E-state index contributed by atoms with van der Waals surface area (Å²) in [7, 11) is 0. The molecule has 5 heteroatoms. The van der Waals surface area contributed by atoms with Crippen molar-refractivity contribution in [2.75, 3.05) is 5.32 Å². The van der Waals surface area contributed by atoms with Gasteiger partial charge in [0.15, 0.2) is 0 Å². The van der Waals surface area contributed by atoms with Crippen LogP contribution in [0.2, 0.25) is 0 Å². The van der Waals surface area contributed by atoms with Crippen LogP contribution in [0.4, 0.5) is 11.5 Å². The summed E-state index contributed by atoms with van der Waals surface area (Å²) < 4.78 is 0. The minimum Gasteiger partial charge on any atom is -0.340 e.